The van der Waals surface area contributed by atoms with Crippen molar-refractivity contribution in [3.63, 3.8) is 0 Å². The molecule has 0 aliphatic carbocycles. The SMILES string of the molecule is CCC(C(=O)OC)(c1ccccc1)c1cccc(SC)c1OC. The second-order valence-corrected chi connectivity index (χ2v) is 6.01. The van der Waals surface area contributed by atoms with Crippen molar-refractivity contribution < 1.29 is 14.3 Å². The van der Waals surface area contributed by atoms with Gasteiger partial charge in [0.05, 0.1) is 14.2 Å². The monoisotopic (exact) mass is 330 g/mol. The van der Waals surface area contributed by atoms with Gasteiger partial charge in [0.25, 0.3) is 0 Å². The third-order valence-electron chi connectivity index (χ3n) is 4.19. The van der Waals surface area contributed by atoms with Gasteiger partial charge >= 0.3 is 5.97 Å². The first-order chi connectivity index (χ1) is 11.1. The molecule has 0 amide bonds. The Morgan fingerprint density at radius 2 is 1.78 bits per heavy atom. The number of rotatable bonds is 6. The highest BCUT2D eigenvalue weighted by Crippen LogP contribution is 2.44. The van der Waals surface area contributed by atoms with E-state index in [0.717, 1.165) is 21.8 Å². The normalized spacial score (nSPS) is 13.2. The maximum Gasteiger partial charge on any atom is 0.320 e. The summed E-state index contributed by atoms with van der Waals surface area (Å²) in [6.45, 7) is 2.00. The summed E-state index contributed by atoms with van der Waals surface area (Å²) < 4.78 is 10.8. The van der Waals surface area contributed by atoms with E-state index < -0.39 is 5.41 Å². The van der Waals surface area contributed by atoms with Crippen molar-refractivity contribution in [3.05, 3.63) is 59.7 Å². The molecule has 0 saturated carbocycles. The van der Waals surface area contributed by atoms with Crippen LogP contribution in [-0.4, -0.2) is 26.4 Å². The molecule has 2 aromatic rings. The van der Waals surface area contributed by atoms with Gasteiger partial charge in [0, 0.05) is 10.5 Å². The molecule has 0 radical (unpaired) electrons. The fourth-order valence-electron chi connectivity index (χ4n) is 3.04. The van der Waals surface area contributed by atoms with E-state index in [4.69, 9.17) is 9.47 Å². The highest BCUT2D eigenvalue weighted by Gasteiger charge is 2.44. The Morgan fingerprint density at radius 1 is 1.09 bits per heavy atom. The van der Waals surface area contributed by atoms with Gasteiger partial charge in [0.15, 0.2) is 0 Å². The molecule has 0 bridgehead atoms. The van der Waals surface area contributed by atoms with Crippen LogP contribution in [0.5, 0.6) is 5.75 Å². The zero-order chi connectivity index (χ0) is 16.9. The molecule has 0 spiro atoms. The molecule has 23 heavy (non-hydrogen) atoms. The van der Waals surface area contributed by atoms with E-state index >= 15 is 0 Å². The third kappa shape index (κ3) is 2.95. The maximum atomic E-state index is 12.8. The van der Waals surface area contributed by atoms with Gasteiger partial charge in [-0.2, -0.15) is 0 Å². The van der Waals surface area contributed by atoms with E-state index in [1.165, 1.54) is 7.11 Å². The Hall–Kier alpha value is -1.94. The lowest BCUT2D eigenvalue weighted by molar-refractivity contribution is -0.146. The lowest BCUT2D eigenvalue weighted by Crippen LogP contribution is -2.38. The van der Waals surface area contributed by atoms with Crippen LogP contribution >= 0.6 is 11.8 Å². The van der Waals surface area contributed by atoms with Gasteiger partial charge in [-0.15, -0.1) is 11.8 Å². The fourth-order valence-corrected chi connectivity index (χ4v) is 3.64. The van der Waals surface area contributed by atoms with Crippen molar-refractivity contribution >= 4 is 17.7 Å². The maximum absolute atomic E-state index is 12.8. The summed E-state index contributed by atoms with van der Waals surface area (Å²) in [5.74, 6) is 0.457. The highest BCUT2D eigenvalue weighted by molar-refractivity contribution is 7.98. The van der Waals surface area contributed by atoms with Crippen LogP contribution in [0.3, 0.4) is 0 Å². The summed E-state index contributed by atoms with van der Waals surface area (Å²) in [7, 11) is 3.07. The molecule has 3 nitrogen and oxygen atoms in total. The number of ether oxygens (including phenoxy) is 2. The Bertz CT molecular complexity index is 670. The quantitative estimate of drug-likeness (QED) is 0.585. The second-order valence-electron chi connectivity index (χ2n) is 5.16. The number of para-hydroxylation sites is 1. The molecule has 0 fully saturated rings. The van der Waals surface area contributed by atoms with Crippen LogP contribution in [0.1, 0.15) is 24.5 Å². The van der Waals surface area contributed by atoms with Gasteiger partial charge in [-0.05, 0) is 24.3 Å². The van der Waals surface area contributed by atoms with Crippen molar-refractivity contribution in [1.82, 2.24) is 0 Å². The molecule has 1 atom stereocenters. The van der Waals surface area contributed by atoms with Gasteiger partial charge in [-0.25, -0.2) is 0 Å². The van der Waals surface area contributed by atoms with Crippen molar-refractivity contribution in [1.29, 1.82) is 0 Å². The molecule has 2 aromatic carbocycles. The molecule has 2 rings (SSSR count). The smallest absolute Gasteiger partial charge is 0.320 e. The standard InChI is InChI=1S/C19H22O3S/c1-5-19(18(20)22-3,14-10-7-6-8-11-14)15-12-9-13-16(23-4)17(15)21-2/h6-13H,5H2,1-4H3. The van der Waals surface area contributed by atoms with E-state index in [9.17, 15) is 4.79 Å². The molecule has 122 valence electrons. The number of methoxy groups -OCH3 is 2. The van der Waals surface area contributed by atoms with Gasteiger partial charge < -0.3 is 9.47 Å². The minimum Gasteiger partial charge on any atom is -0.495 e. The summed E-state index contributed by atoms with van der Waals surface area (Å²) >= 11 is 1.60. The number of carbonyl (C=O) groups is 1. The molecule has 1 unspecified atom stereocenters. The lowest BCUT2D eigenvalue weighted by Gasteiger charge is -2.32. The summed E-state index contributed by atoms with van der Waals surface area (Å²) in [6, 6.07) is 15.6. The van der Waals surface area contributed by atoms with Gasteiger partial charge in [-0.1, -0.05) is 49.4 Å². The predicted molar refractivity (Wildman–Crippen MR) is 94.3 cm³/mol. The molecule has 0 N–H and O–H groups in total. The summed E-state index contributed by atoms with van der Waals surface area (Å²) in [4.78, 5) is 13.9. The Balaban J connectivity index is 2.81. The minimum atomic E-state index is -0.882. The van der Waals surface area contributed by atoms with Crippen LogP contribution < -0.4 is 4.74 Å². The molecule has 0 aliphatic heterocycles. The molecule has 0 aromatic heterocycles. The number of hydrogen-bond acceptors (Lipinski definition) is 4. The lowest BCUT2D eigenvalue weighted by atomic mass is 9.72. The van der Waals surface area contributed by atoms with Crippen molar-refractivity contribution in [3.8, 4) is 5.75 Å². The van der Waals surface area contributed by atoms with Crippen LogP contribution in [0.15, 0.2) is 53.4 Å². The highest BCUT2D eigenvalue weighted by atomic mass is 32.2. The third-order valence-corrected chi connectivity index (χ3v) is 4.95. The van der Waals surface area contributed by atoms with Crippen LogP contribution in [0, 0.1) is 0 Å². The zero-order valence-corrected chi connectivity index (χ0v) is 14.8. The second kappa shape index (κ2) is 7.55. The van der Waals surface area contributed by atoms with Crippen LogP contribution in [0.2, 0.25) is 0 Å². The zero-order valence-electron chi connectivity index (χ0n) is 14.0. The number of thioether (sulfide) groups is 1. The largest absolute Gasteiger partial charge is 0.495 e. The number of esters is 1. The number of hydrogen-bond donors (Lipinski definition) is 0. The van der Waals surface area contributed by atoms with E-state index in [0.29, 0.717) is 6.42 Å². The summed E-state index contributed by atoms with van der Waals surface area (Å²) in [6.07, 6.45) is 2.58. The first-order valence-corrected chi connectivity index (χ1v) is 8.73. The first-order valence-electron chi connectivity index (χ1n) is 7.51. The van der Waals surface area contributed by atoms with E-state index in [1.54, 1.807) is 18.9 Å². The average Bonchev–Trinajstić information content (AvgIpc) is 2.63. The average molecular weight is 330 g/mol. The van der Waals surface area contributed by atoms with Gasteiger partial charge in [0.1, 0.15) is 11.2 Å². The van der Waals surface area contributed by atoms with Crippen molar-refractivity contribution in [2.75, 3.05) is 20.5 Å². The van der Waals surface area contributed by atoms with E-state index in [-0.39, 0.29) is 5.97 Å². The van der Waals surface area contributed by atoms with Crippen molar-refractivity contribution in [2.45, 2.75) is 23.7 Å². The van der Waals surface area contributed by atoms with Crippen LogP contribution in [0.25, 0.3) is 0 Å². The first kappa shape index (κ1) is 17.4. The Morgan fingerprint density at radius 3 is 2.30 bits per heavy atom. The molecule has 4 heteroatoms. The molecule has 0 aliphatic rings. The van der Waals surface area contributed by atoms with Crippen molar-refractivity contribution in [2.24, 2.45) is 0 Å². The van der Waals surface area contributed by atoms with E-state index in [1.807, 2.05) is 61.7 Å². The molecular formula is C19H22O3S. The molecule has 0 heterocycles. The molecular weight excluding hydrogens is 308 g/mol. The Kier molecular flexibility index (Phi) is 5.72. The van der Waals surface area contributed by atoms with Crippen LogP contribution in [-0.2, 0) is 14.9 Å². The summed E-state index contributed by atoms with van der Waals surface area (Å²) in [5, 5.41) is 0. The van der Waals surface area contributed by atoms with E-state index in [2.05, 4.69) is 0 Å². The fraction of sp³-hybridized carbons (Fsp3) is 0.316. The predicted octanol–water partition coefficient (Wildman–Crippen LogP) is 4.29. The number of carbonyl (C=O) groups excluding carboxylic acids is 1. The Labute approximate surface area is 142 Å². The molecule has 0 saturated heterocycles. The minimum absolute atomic E-state index is 0.275. The van der Waals surface area contributed by atoms with Gasteiger partial charge in [-0.3, -0.25) is 4.79 Å². The van der Waals surface area contributed by atoms with Crippen LogP contribution in [0.4, 0.5) is 0 Å². The number of benzene rings is 2. The van der Waals surface area contributed by atoms with Gasteiger partial charge in [0.2, 0.25) is 0 Å². The topological polar surface area (TPSA) is 35.5 Å². The summed E-state index contributed by atoms with van der Waals surface area (Å²) in [5.41, 5.74) is 0.867.